The molecule has 8 nitrogen and oxygen atoms in total. The first-order chi connectivity index (χ1) is 15.8. The van der Waals surface area contributed by atoms with E-state index in [1.807, 2.05) is 54.6 Å². The molecule has 1 aromatic carbocycles. The number of pyridine rings is 3. The van der Waals surface area contributed by atoms with E-state index in [1.54, 1.807) is 24.8 Å². The lowest BCUT2D eigenvalue weighted by molar-refractivity contribution is 0.305. The van der Waals surface area contributed by atoms with E-state index in [2.05, 4.69) is 35.1 Å². The molecule has 0 aliphatic carbocycles. The maximum atomic E-state index is 5.92. The number of hydrogen-bond donors (Lipinski definition) is 2. The van der Waals surface area contributed by atoms with Crippen molar-refractivity contribution < 1.29 is 4.74 Å². The van der Waals surface area contributed by atoms with Gasteiger partial charge in [0, 0.05) is 23.3 Å². The number of fused-ring (bicyclic) bond motifs is 2. The van der Waals surface area contributed by atoms with Crippen molar-refractivity contribution in [2.24, 2.45) is 0 Å². The molecule has 0 bridgehead atoms. The number of nitrogens with zero attached hydrogens (tertiary/aromatic N) is 5. The third-order valence-corrected chi connectivity index (χ3v) is 5.18. The summed E-state index contributed by atoms with van der Waals surface area (Å²) in [6, 6.07) is 17.7. The molecule has 0 spiro atoms. The van der Waals surface area contributed by atoms with Crippen molar-refractivity contribution in [1.29, 1.82) is 0 Å². The fraction of sp³-hybridized carbons (Fsp3) is 0.0417. The Balaban J connectivity index is 1.34. The van der Waals surface area contributed by atoms with Crippen molar-refractivity contribution in [3.63, 3.8) is 0 Å². The lowest BCUT2D eigenvalue weighted by Crippen LogP contribution is -1.96. The number of benzene rings is 1. The van der Waals surface area contributed by atoms with Gasteiger partial charge in [-0.25, -0.2) is 9.97 Å². The van der Waals surface area contributed by atoms with Crippen molar-refractivity contribution in [2.75, 3.05) is 0 Å². The van der Waals surface area contributed by atoms with Crippen LogP contribution in [0.5, 0.6) is 5.75 Å². The Hall–Kier alpha value is -4.59. The summed E-state index contributed by atoms with van der Waals surface area (Å²) in [5.41, 5.74) is 5.78. The van der Waals surface area contributed by atoms with Crippen LogP contribution >= 0.6 is 0 Å². The van der Waals surface area contributed by atoms with Gasteiger partial charge in [0.1, 0.15) is 23.6 Å². The van der Waals surface area contributed by atoms with Gasteiger partial charge in [-0.2, -0.15) is 5.10 Å². The second-order valence-corrected chi connectivity index (χ2v) is 7.33. The van der Waals surface area contributed by atoms with Crippen LogP contribution in [0.3, 0.4) is 0 Å². The molecular weight excluding hydrogens is 402 g/mol. The smallest absolute Gasteiger partial charge is 0.160 e. The molecule has 0 radical (unpaired) electrons. The molecule has 5 heterocycles. The summed E-state index contributed by atoms with van der Waals surface area (Å²) >= 11 is 0. The van der Waals surface area contributed by atoms with Crippen LogP contribution in [0.4, 0.5) is 0 Å². The van der Waals surface area contributed by atoms with Crippen LogP contribution < -0.4 is 4.74 Å². The van der Waals surface area contributed by atoms with Crippen molar-refractivity contribution in [1.82, 2.24) is 35.1 Å². The van der Waals surface area contributed by atoms with Crippen LogP contribution in [0.2, 0.25) is 0 Å². The molecular formula is C24H17N7O. The summed E-state index contributed by atoms with van der Waals surface area (Å²) in [5.74, 6) is 1.34. The van der Waals surface area contributed by atoms with E-state index in [1.165, 1.54) is 0 Å². The molecule has 32 heavy (non-hydrogen) atoms. The number of hydrogen-bond acceptors (Lipinski definition) is 6. The summed E-state index contributed by atoms with van der Waals surface area (Å²) in [6.45, 7) is 0.477. The van der Waals surface area contributed by atoms with E-state index in [-0.39, 0.29) is 0 Å². The normalized spacial score (nSPS) is 11.2. The Labute approximate surface area is 182 Å². The lowest BCUT2D eigenvalue weighted by atomic mass is 10.1. The number of rotatable bonds is 5. The van der Waals surface area contributed by atoms with Crippen molar-refractivity contribution in [2.45, 2.75) is 6.61 Å². The van der Waals surface area contributed by atoms with Gasteiger partial charge < -0.3 is 9.72 Å². The van der Waals surface area contributed by atoms with Gasteiger partial charge in [0.15, 0.2) is 11.5 Å². The van der Waals surface area contributed by atoms with Crippen molar-refractivity contribution >= 4 is 22.1 Å². The molecule has 0 aliphatic rings. The molecule has 6 aromatic rings. The quantitative estimate of drug-likeness (QED) is 0.425. The molecule has 0 fully saturated rings. The number of imidazole rings is 1. The Morgan fingerprint density at radius 3 is 2.75 bits per heavy atom. The van der Waals surface area contributed by atoms with Gasteiger partial charge in [0.2, 0.25) is 0 Å². The monoisotopic (exact) mass is 419 g/mol. The first kappa shape index (κ1) is 18.2. The third-order valence-electron chi connectivity index (χ3n) is 5.18. The molecule has 0 amide bonds. The number of aromatic nitrogens is 7. The van der Waals surface area contributed by atoms with E-state index in [4.69, 9.17) is 4.74 Å². The molecule has 8 heteroatoms. The first-order valence-electron chi connectivity index (χ1n) is 10.1. The molecule has 0 atom stereocenters. The number of aromatic amines is 2. The van der Waals surface area contributed by atoms with Gasteiger partial charge in [0.05, 0.1) is 23.6 Å². The summed E-state index contributed by atoms with van der Waals surface area (Å²) in [4.78, 5) is 21.1. The summed E-state index contributed by atoms with van der Waals surface area (Å²) < 4.78 is 5.92. The zero-order valence-corrected chi connectivity index (χ0v) is 16.9. The topological polar surface area (TPSA) is 105 Å². The minimum atomic E-state index is 0.477. The van der Waals surface area contributed by atoms with Gasteiger partial charge >= 0.3 is 0 Å². The average molecular weight is 419 g/mol. The van der Waals surface area contributed by atoms with Gasteiger partial charge in [-0.05, 0) is 29.8 Å². The zero-order chi connectivity index (χ0) is 21.3. The molecule has 5 aromatic heterocycles. The van der Waals surface area contributed by atoms with Crippen LogP contribution in [0, 0.1) is 0 Å². The van der Waals surface area contributed by atoms with E-state index < -0.39 is 0 Å². The fourth-order valence-electron chi connectivity index (χ4n) is 3.59. The number of H-pyrrole nitrogens is 2. The molecule has 154 valence electrons. The van der Waals surface area contributed by atoms with Crippen LogP contribution in [0.25, 0.3) is 44.8 Å². The highest BCUT2D eigenvalue weighted by molar-refractivity contribution is 5.94. The van der Waals surface area contributed by atoms with Gasteiger partial charge in [-0.3, -0.25) is 15.1 Å². The van der Waals surface area contributed by atoms with Gasteiger partial charge in [-0.1, -0.05) is 30.3 Å². The molecule has 0 unspecified atom stereocenters. The van der Waals surface area contributed by atoms with Crippen LogP contribution in [-0.2, 0) is 6.61 Å². The van der Waals surface area contributed by atoms with Gasteiger partial charge in [0.25, 0.3) is 0 Å². The minimum Gasteiger partial charge on any atom is -0.487 e. The summed E-state index contributed by atoms with van der Waals surface area (Å²) in [7, 11) is 0. The summed E-state index contributed by atoms with van der Waals surface area (Å²) in [6.07, 6.45) is 6.97. The standard InChI is InChI=1S/C24H17N7O/c1-2-5-15(6-3-1)14-32-17-9-16(11-25-12-17)20-10-18-21(13-27-20)30-31-22(18)24-28-19-7-4-8-26-23(19)29-24/h1-13H,14H2,(H,30,31)(H,26,28,29). The predicted molar refractivity (Wildman–Crippen MR) is 121 cm³/mol. The molecule has 6 rings (SSSR count). The summed E-state index contributed by atoms with van der Waals surface area (Å²) in [5, 5.41) is 8.38. The molecule has 0 saturated carbocycles. The fourth-order valence-corrected chi connectivity index (χ4v) is 3.59. The Morgan fingerprint density at radius 1 is 0.906 bits per heavy atom. The van der Waals surface area contributed by atoms with Crippen LogP contribution in [0.15, 0.2) is 79.4 Å². The number of ether oxygens (including phenoxy) is 1. The Bertz CT molecular complexity index is 1510. The predicted octanol–water partition coefficient (Wildman–Crippen LogP) is 4.54. The third kappa shape index (κ3) is 3.33. The van der Waals surface area contributed by atoms with Crippen molar-refractivity contribution in [3.05, 3.63) is 84.9 Å². The molecule has 2 N–H and O–H groups in total. The van der Waals surface area contributed by atoms with E-state index in [0.717, 1.165) is 38.9 Å². The van der Waals surface area contributed by atoms with Gasteiger partial charge in [-0.15, -0.1) is 0 Å². The lowest BCUT2D eigenvalue weighted by Gasteiger charge is -2.08. The number of nitrogens with one attached hydrogen (secondary N) is 2. The highest BCUT2D eigenvalue weighted by atomic mass is 16.5. The minimum absolute atomic E-state index is 0.477. The molecule has 0 saturated heterocycles. The average Bonchev–Trinajstić information content (AvgIpc) is 3.47. The highest BCUT2D eigenvalue weighted by Gasteiger charge is 2.15. The SMILES string of the molecule is c1ccc(COc2cncc(-c3cc4c(-c5nc6cccnc6[nH]5)n[nH]c4cn3)c2)cc1. The zero-order valence-electron chi connectivity index (χ0n) is 16.9. The second-order valence-electron chi connectivity index (χ2n) is 7.33. The highest BCUT2D eigenvalue weighted by Crippen LogP contribution is 2.29. The van der Waals surface area contributed by atoms with E-state index in [0.29, 0.717) is 23.9 Å². The molecule has 0 aliphatic heterocycles. The largest absolute Gasteiger partial charge is 0.487 e. The van der Waals surface area contributed by atoms with Crippen LogP contribution in [0.1, 0.15) is 5.56 Å². The Morgan fingerprint density at radius 2 is 1.84 bits per heavy atom. The van der Waals surface area contributed by atoms with E-state index in [9.17, 15) is 0 Å². The maximum absolute atomic E-state index is 5.92. The van der Waals surface area contributed by atoms with Crippen molar-refractivity contribution in [3.8, 4) is 28.5 Å². The second kappa shape index (κ2) is 7.59. The maximum Gasteiger partial charge on any atom is 0.160 e. The Kier molecular flexibility index (Phi) is 4.31. The van der Waals surface area contributed by atoms with E-state index >= 15 is 0 Å². The first-order valence-corrected chi connectivity index (χ1v) is 10.1. The van der Waals surface area contributed by atoms with Crippen LogP contribution in [-0.4, -0.2) is 35.1 Å².